The molecule has 0 saturated carbocycles. The topological polar surface area (TPSA) is 71.8 Å². The quantitative estimate of drug-likeness (QED) is 0.708. The Bertz CT molecular complexity index is 850. The van der Waals surface area contributed by atoms with Crippen LogP contribution in [0.25, 0.3) is 4.96 Å². The van der Waals surface area contributed by atoms with Gasteiger partial charge in [-0.2, -0.15) is 0 Å². The standard InChI is InChI=1S/C19H23N5O2S/c25-18(21-7-5-16-12-24-9-10-27-19(24)22-16)23-8-2-4-17(13-23)26-14-15-3-1-6-20-11-15/h1,3,6,9-12,17H,2,4-5,7-8,13-14H2,(H,21,25)/t17-/m1/s1. The third kappa shape index (κ3) is 4.64. The van der Waals surface area contributed by atoms with E-state index in [-0.39, 0.29) is 12.1 Å². The summed E-state index contributed by atoms with van der Waals surface area (Å²) in [5.41, 5.74) is 2.05. The molecule has 1 atom stereocenters. The largest absolute Gasteiger partial charge is 0.372 e. The van der Waals surface area contributed by atoms with Gasteiger partial charge >= 0.3 is 6.03 Å². The number of nitrogens with zero attached hydrogens (tertiary/aromatic N) is 4. The van der Waals surface area contributed by atoms with Crippen LogP contribution in [0.2, 0.25) is 0 Å². The molecule has 1 aliphatic rings. The van der Waals surface area contributed by atoms with E-state index in [1.807, 2.05) is 45.4 Å². The third-order valence-electron chi connectivity index (χ3n) is 4.67. The number of carbonyl (C=O) groups is 1. The van der Waals surface area contributed by atoms with Gasteiger partial charge in [-0.15, -0.1) is 11.3 Å². The first-order valence-electron chi connectivity index (χ1n) is 9.22. The molecule has 0 bridgehead atoms. The van der Waals surface area contributed by atoms with Crippen LogP contribution in [0.3, 0.4) is 0 Å². The highest BCUT2D eigenvalue weighted by molar-refractivity contribution is 7.15. The minimum Gasteiger partial charge on any atom is -0.372 e. The summed E-state index contributed by atoms with van der Waals surface area (Å²) in [5.74, 6) is 0. The number of carbonyl (C=O) groups excluding carboxylic acids is 1. The zero-order chi connectivity index (χ0) is 18.5. The molecule has 2 amide bonds. The minimum absolute atomic E-state index is 0.0225. The van der Waals surface area contributed by atoms with Crippen molar-refractivity contribution in [1.82, 2.24) is 24.6 Å². The van der Waals surface area contributed by atoms with E-state index in [9.17, 15) is 4.79 Å². The molecule has 1 saturated heterocycles. The predicted octanol–water partition coefficient (Wildman–Crippen LogP) is 2.72. The second-order valence-corrected chi connectivity index (χ2v) is 7.56. The number of fused-ring (bicyclic) bond motifs is 1. The molecule has 0 unspecified atom stereocenters. The van der Waals surface area contributed by atoms with E-state index in [1.165, 1.54) is 0 Å². The van der Waals surface area contributed by atoms with Crippen LogP contribution in [-0.2, 0) is 17.8 Å². The highest BCUT2D eigenvalue weighted by Gasteiger charge is 2.24. The highest BCUT2D eigenvalue weighted by atomic mass is 32.1. The molecule has 1 N–H and O–H groups in total. The number of ether oxygens (including phenoxy) is 1. The number of likely N-dealkylation sites (tertiary alicyclic amines) is 1. The SMILES string of the molecule is O=C(NCCc1cn2ccsc2n1)N1CCC[C@@H](OCc2cccnc2)C1. The van der Waals surface area contributed by atoms with Gasteiger partial charge in [0.05, 0.1) is 18.4 Å². The van der Waals surface area contributed by atoms with E-state index < -0.39 is 0 Å². The van der Waals surface area contributed by atoms with Crippen LogP contribution in [0.15, 0.2) is 42.3 Å². The van der Waals surface area contributed by atoms with Gasteiger partial charge in [0.1, 0.15) is 0 Å². The summed E-state index contributed by atoms with van der Waals surface area (Å²) in [5, 5.41) is 5.02. The molecule has 3 aromatic rings. The van der Waals surface area contributed by atoms with Crippen molar-refractivity contribution in [2.75, 3.05) is 19.6 Å². The Kier molecular flexibility index (Phi) is 5.64. The van der Waals surface area contributed by atoms with E-state index in [4.69, 9.17) is 4.74 Å². The fourth-order valence-corrected chi connectivity index (χ4v) is 3.98. The maximum absolute atomic E-state index is 12.5. The van der Waals surface area contributed by atoms with Gasteiger partial charge in [-0.25, -0.2) is 9.78 Å². The summed E-state index contributed by atoms with van der Waals surface area (Å²) < 4.78 is 7.99. The highest BCUT2D eigenvalue weighted by Crippen LogP contribution is 2.15. The number of piperidine rings is 1. The lowest BCUT2D eigenvalue weighted by molar-refractivity contribution is -0.000402. The molecule has 0 aromatic carbocycles. The number of nitrogens with one attached hydrogen (secondary N) is 1. The van der Waals surface area contributed by atoms with Crippen molar-refractivity contribution in [2.45, 2.75) is 32.0 Å². The number of imidazole rings is 1. The molecule has 7 nitrogen and oxygen atoms in total. The molecule has 27 heavy (non-hydrogen) atoms. The number of hydrogen-bond donors (Lipinski definition) is 1. The van der Waals surface area contributed by atoms with E-state index in [0.29, 0.717) is 19.7 Å². The van der Waals surface area contributed by atoms with Crippen LogP contribution < -0.4 is 5.32 Å². The van der Waals surface area contributed by atoms with Crippen molar-refractivity contribution in [1.29, 1.82) is 0 Å². The lowest BCUT2D eigenvalue weighted by Crippen LogP contribution is -2.48. The van der Waals surface area contributed by atoms with Gasteiger partial charge in [-0.05, 0) is 24.5 Å². The number of rotatable bonds is 6. The summed E-state index contributed by atoms with van der Waals surface area (Å²) in [6.07, 6.45) is 10.3. The number of amides is 2. The summed E-state index contributed by atoms with van der Waals surface area (Å²) >= 11 is 1.61. The Labute approximate surface area is 162 Å². The maximum atomic E-state index is 12.5. The molecule has 8 heteroatoms. The van der Waals surface area contributed by atoms with Gasteiger partial charge in [-0.3, -0.25) is 9.38 Å². The van der Waals surface area contributed by atoms with Crippen LogP contribution in [-0.4, -0.2) is 51.0 Å². The van der Waals surface area contributed by atoms with Gasteiger partial charge in [0.2, 0.25) is 0 Å². The number of pyridine rings is 1. The number of aromatic nitrogens is 3. The first kappa shape index (κ1) is 17.9. The molecular weight excluding hydrogens is 362 g/mol. The number of thiazole rings is 1. The van der Waals surface area contributed by atoms with Gasteiger partial charge in [0.15, 0.2) is 4.96 Å². The Balaban J connectivity index is 1.21. The van der Waals surface area contributed by atoms with Gasteiger partial charge < -0.3 is 15.0 Å². The molecule has 0 spiro atoms. The molecular formula is C19H23N5O2S. The zero-order valence-electron chi connectivity index (χ0n) is 15.1. The fourth-order valence-electron chi connectivity index (χ4n) is 3.26. The maximum Gasteiger partial charge on any atom is 0.317 e. The predicted molar refractivity (Wildman–Crippen MR) is 104 cm³/mol. The van der Waals surface area contributed by atoms with Gasteiger partial charge in [0, 0.05) is 56.2 Å². The monoisotopic (exact) mass is 385 g/mol. The normalized spacial score (nSPS) is 17.3. The summed E-state index contributed by atoms with van der Waals surface area (Å²) in [6.45, 7) is 2.53. The lowest BCUT2D eigenvalue weighted by atomic mass is 10.1. The van der Waals surface area contributed by atoms with Crippen molar-refractivity contribution in [3.05, 3.63) is 53.6 Å². The Morgan fingerprint density at radius 3 is 3.26 bits per heavy atom. The van der Waals surface area contributed by atoms with E-state index in [2.05, 4.69) is 15.3 Å². The number of hydrogen-bond acceptors (Lipinski definition) is 5. The van der Waals surface area contributed by atoms with Crippen molar-refractivity contribution in [3.63, 3.8) is 0 Å². The van der Waals surface area contributed by atoms with Crippen molar-refractivity contribution in [3.8, 4) is 0 Å². The molecule has 3 aromatic heterocycles. The summed E-state index contributed by atoms with van der Waals surface area (Å²) in [4.78, 5) is 23.9. The van der Waals surface area contributed by atoms with Crippen molar-refractivity contribution >= 4 is 22.3 Å². The van der Waals surface area contributed by atoms with Crippen molar-refractivity contribution < 1.29 is 9.53 Å². The average molecular weight is 385 g/mol. The van der Waals surface area contributed by atoms with E-state index >= 15 is 0 Å². The van der Waals surface area contributed by atoms with Crippen LogP contribution in [0.4, 0.5) is 4.79 Å². The first-order valence-corrected chi connectivity index (χ1v) is 10.1. The Morgan fingerprint density at radius 2 is 2.41 bits per heavy atom. The molecule has 1 fully saturated rings. The summed E-state index contributed by atoms with van der Waals surface area (Å²) in [6, 6.07) is 3.88. The third-order valence-corrected chi connectivity index (χ3v) is 5.45. The van der Waals surface area contributed by atoms with Crippen molar-refractivity contribution in [2.24, 2.45) is 0 Å². The van der Waals surface area contributed by atoms with Gasteiger partial charge in [-0.1, -0.05) is 6.07 Å². The Hall–Kier alpha value is -2.45. The first-order chi connectivity index (χ1) is 13.3. The second kappa shape index (κ2) is 8.49. The van der Waals surface area contributed by atoms with Crippen LogP contribution >= 0.6 is 11.3 Å². The molecule has 4 rings (SSSR count). The number of urea groups is 1. The smallest absolute Gasteiger partial charge is 0.317 e. The van der Waals surface area contributed by atoms with Crippen LogP contribution in [0, 0.1) is 0 Å². The molecule has 1 aliphatic heterocycles. The van der Waals surface area contributed by atoms with E-state index in [0.717, 1.165) is 42.0 Å². The average Bonchev–Trinajstić information content (AvgIpc) is 3.29. The minimum atomic E-state index is -0.0225. The molecule has 4 heterocycles. The summed E-state index contributed by atoms with van der Waals surface area (Å²) in [7, 11) is 0. The zero-order valence-corrected chi connectivity index (χ0v) is 15.9. The van der Waals surface area contributed by atoms with Gasteiger partial charge in [0.25, 0.3) is 0 Å². The fraction of sp³-hybridized carbons (Fsp3) is 0.421. The second-order valence-electron chi connectivity index (χ2n) is 6.69. The molecule has 142 valence electrons. The lowest BCUT2D eigenvalue weighted by Gasteiger charge is -2.32. The van der Waals surface area contributed by atoms with Crippen LogP contribution in [0.1, 0.15) is 24.1 Å². The van der Waals surface area contributed by atoms with E-state index in [1.54, 1.807) is 17.5 Å². The molecule has 0 radical (unpaired) electrons. The van der Waals surface area contributed by atoms with Crippen LogP contribution in [0.5, 0.6) is 0 Å². The Morgan fingerprint density at radius 1 is 1.44 bits per heavy atom. The molecule has 0 aliphatic carbocycles.